The van der Waals surface area contributed by atoms with E-state index < -0.39 is 0 Å². The number of thiophene rings is 1. The molecule has 0 bridgehead atoms. The van der Waals surface area contributed by atoms with Gasteiger partial charge in [-0.1, -0.05) is 19.1 Å². The normalized spacial score (nSPS) is 16.0. The van der Waals surface area contributed by atoms with E-state index in [2.05, 4.69) is 17.6 Å². The second-order valence-corrected chi connectivity index (χ2v) is 8.01. The van der Waals surface area contributed by atoms with Gasteiger partial charge in [0.25, 0.3) is 0 Å². The fourth-order valence-electron chi connectivity index (χ4n) is 3.15. The number of aryl methyl sites for hydroxylation is 1. The lowest BCUT2D eigenvalue weighted by atomic mass is 9.88. The van der Waals surface area contributed by atoms with Crippen LogP contribution in [0.25, 0.3) is 0 Å². The summed E-state index contributed by atoms with van der Waals surface area (Å²) in [6.07, 6.45) is 3.01. The highest BCUT2D eigenvalue weighted by atomic mass is 32.1. The Hall–Kier alpha value is -1.92. The molecule has 132 valence electrons. The maximum absolute atomic E-state index is 12.3. The fourth-order valence-corrected chi connectivity index (χ4v) is 4.83. The monoisotopic (exact) mass is 374 g/mol. The van der Waals surface area contributed by atoms with Crippen LogP contribution in [0.3, 0.4) is 0 Å². The van der Waals surface area contributed by atoms with Crippen LogP contribution in [-0.2, 0) is 17.6 Å². The molecule has 0 radical (unpaired) electrons. The molecule has 0 fully saturated rings. The molecule has 3 rings (SSSR count). The van der Waals surface area contributed by atoms with Gasteiger partial charge in [0.1, 0.15) is 5.00 Å². The number of fused-ring (bicyclic) bond motifs is 1. The van der Waals surface area contributed by atoms with Gasteiger partial charge >= 0.3 is 5.97 Å². The Bertz CT molecular complexity index is 814. The van der Waals surface area contributed by atoms with Crippen LogP contribution in [0.2, 0.25) is 0 Å². The third kappa shape index (κ3) is 4.02. The van der Waals surface area contributed by atoms with Crippen molar-refractivity contribution in [2.45, 2.75) is 33.1 Å². The molecule has 2 N–H and O–H groups in total. The van der Waals surface area contributed by atoms with Crippen LogP contribution in [0.5, 0.6) is 0 Å². The molecule has 1 aromatic heterocycles. The topological polar surface area (TPSA) is 50.4 Å². The van der Waals surface area contributed by atoms with E-state index in [4.69, 9.17) is 17.0 Å². The van der Waals surface area contributed by atoms with Crippen molar-refractivity contribution in [2.24, 2.45) is 5.92 Å². The largest absolute Gasteiger partial charge is 0.465 e. The second kappa shape index (κ2) is 7.54. The maximum atomic E-state index is 12.3. The number of ether oxygens (including phenoxy) is 1. The molecule has 1 unspecified atom stereocenters. The van der Waals surface area contributed by atoms with Crippen LogP contribution in [0.15, 0.2) is 24.3 Å². The molecule has 1 aromatic carbocycles. The first-order valence-corrected chi connectivity index (χ1v) is 9.58. The quantitative estimate of drug-likeness (QED) is 0.598. The van der Waals surface area contributed by atoms with Crippen molar-refractivity contribution < 1.29 is 9.53 Å². The van der Waals surface area contributed by atoms with Crippen molar-refractivity contribution in [1.82, 2.24) is 0 Å². The molecule has 6 heteroatoms. The summed E-state index contributed by atoms with van der Waals surface area (Å²) < 4.78 is 5.01. The molecule has 1 atom stereocenters. The van der Waals surface area contributed by atoms with Gasteiger partial charge in [-0.05, 0) is 67.6 Å². The minimum atomic E-state index is -0.298. The predicted octanol–water partition coefficient (Wildman–Crippen LogP) is 4.78. The summed E-state index contributed by atoms with van der Waals surface area (Å²) in [5.41, 5.74) is 3.84. The number of rotatable bonds is 3. The van der Waals surface area contributed by atoms with Gasteiger partial charge in [0, 0.05) is 10.6 Å². The summed E-state index contributed by atoms with van der Waals surface area (Å²) in [7, 11) is 1.42. The predicted molar refractivity (Wildman–Crippen MR) is 108 cm³/mol. The van der Waals surface area contributed by atoms with Crippen molar-refractivity contribution in [3.63, 3.8) is 0 Å². The fraction of sp³-hybridized carbons (Fsp3) is 0.368. The van der Waals surface area contributed by atoms with Crippen molar-refractivity contribution in [1.29, 1.82) is 0 Å². The summed E-state index contributed by atoms with van der Waals surface area (Å²) in [6, 6.07) is 8.00. The molecule has 0 saturated carbocycles. The Morgan fingerprint density at radius 1 is 1.36 bits per heavy atom. The highest BCUT2D eigenvalue weighted by Crippen LogP contribution is 2.40. The van der Waals surface area contributed by atoms with Crippen molar-refractivity contribution in [2.75, 3.05) is 17.7 Å². The van der Waals surface area contributed by atoms with Gasteiger partial charge in [-0.15, -0.1) is 11.3 Å². The molecule has 0 saturated heterocycles. The molecule has 25 heavy (non-hydrogen) atoms. The van der Waals surface area contributed by atoms with E-state index in [1.54, 1.807) is 11.3 Å². The van der Waals surface area contributed by atoms with Crippen LogP contribution in [-0.4, -0.2) is 18.2 Å². The third-order valence-corrected chi connectivity index (χ3v) is 5.78. The Morgan fingerprint density at radius 2 is 2.16 bits per heavy atom. The van der Waals surface area contributed by atoms with E-state index >= 15 is 0 Å². The van der Waals surface area contributed by atoms with Crippen LogP contribution < -0.4 is 10.6 Å². The molecule has 1 heterocycles. The minimum absolute atomic E-state index is 0.298. The van der Waals surface area contributed by atoms with E-state index in [-0.39, 0.29) is 5.97 Å². The summed E-state index contributed by atoms with van der Waals surface area (Å²) in [5, 5.41) is 7.63. The summed E-state index contributed by atoms with van der Waals surface area (Å²) in [4.78, 5) is 13.6. The van der Waals surface area contributed by atoms with E-state index in [1.165, 1.54) is 12.0 Å². The highest BCUT2D eigenvalue weighted by molar-refractivity contribution is 7.80. The number of methoxy groups -OCH3 is 1. The zero-order valence-electron chi connectivity index (χ0n) is 14.6. The SMILES string of the molecule is COC(=O)c1c(NC(=S)Nc2cccc(C)c2)sc2c1CCC(C)C2. The van der Waals surface area contributed by atoms with Crippen LogP contribution in [0, 0.1) is 12.8 Å². The third-order valence-electron chi connectivity index (χ3n) is 4.40. The highest BCUT2D eigenvalue weighted by Gasteiger charge is 2.28. The maximum Gasteiger partial charge on any atom is 0.341 e. The number of carbonyl (C=O) groups is 1. The zero-order valence-corrected chi connectivity index (χ0v) is 16.3. The molecular weight excluding hydrogens is 352 g/mol. The number of benzene rings is 1. The number of carbonyl (C=O) groups excluding carboxylic acids is 1. The molecular formula is C19H22N2O2S2. The average molecular weight is 375 g/mol. The number of hydrogen-bond acceptors (Lipinski definition) is 4. The average Bonchev–Trinajstić information content (AvgIpc) is 2.90. The van der Waals surface area contributed by atoms with Crippen LogP contribution in [0.1, 0.15) is 39.7 Å². The molecule has 0 aliphatic heterocycles. The lowest BCUT2D eigenvalue weighted by molar-refractivity contribution is 0.0601. The number of hydrogen-bond donors (Lipinski definition) is 2. The number of anilines is 2. The Labute approximate surface area is 157 Å². The van der Waals surface area contributed by atoms with E-state index in [0.29, 0.717) is 16.6 Å². The zero-order chi connectivity index (χ0) is 18.0. The Morgan fingerprint density at radius 3 is 2.88 bits per heavy atom. The number of esters is 1. The number of nitrogens with one attached hydrogen (secondary N) is 2. The first-order valence-electron chi connectivity index (χ1n) is 8.35. The lowest BCUT2D eigenvalue weighted by Gasteiger charge is -2.18. The lowest BCUT2D eigenvalue weighted by Crippen LogP contribution is -2.20. The van der Waals surface area contributed by atoms with Gasteiger partial charge in [-0.25, -0.2) is 4.79 Å². The molecule has 2 aromatic rings. The van der Waals surface area contributed by atoms with Gasteiger partial charge in [0.05, 0.1) is 12.7 Å². The molecule has 4 nitrogen and oxygen atoms in total. The van der Waals surface area contributed by atoms with Crippen molar-refractivity contribution >= 4 is 45.3 Å². The number of thiocarbonyl (C=S) groups is 1. The second-order valence-electron chi connectivity index (χ2n) is 6.50. The summed E-state index contributed by atoms with van der Waals surface area (Å²) in [6.45, 7) is 4.28. The van der Waals surface area contributed by atoms with Gasteiger partial charge in [0.2, 0.25) is 0 Å². The van der Waals surface area contributed by atoms with Gasteiger partial charge in [-0.2, -0.15) is 0 Å². The first-order chi connectivity index (χ1) is 12.0. The first kappa shape index (κ1) is 17.9. The summed E-state index contributed by atoms with van der Waals surface area (Å²) >= 11 is 7.05. The standard InChI is InChI=1S/C19H22N2O2S2/c1-11-5-4-6-13(9-11)20-19(24)21-17-16(18(22)23-3)14-8-7-12(2)10-15(14)25-17/h4-6,9,12H,7-8,10H2,1-3H3,(H2,20,21,24). The molecule has 0 spiro atoms. The molecule has 1 aliphatic rings. The van der Waals surface area contributed by atoms with E-state index in [0.717, 1.165) is 41.1 Å². The van der Waals surface area contributed by atoms with Gasteiger partial charge in [-0.3, -0.25) is 0 Å². The van der Waals surface area contributed by atoms with Crippen LogP contribution >= 0.6 is 23.6 Å². The molecule has 0 amide bonds. The Balaban J connectivity index is 1.84. The van der Waals surface area contributed by atoms with Gasteiger partial charge in [0.15, 0.2) is 5.11 Å². The van der Waals surface area contributed by atoms with E-state index in [1.807, 2.05) is 31.2 Å². The summed E-state index contributed by atoms with van der Waals surface area (Å²) in [5.74, 6) is 0.342. The van der Waals surface area contributed by atoms with Gasteiger partial charge < -0.3 is 15.4 Å². The van der Waals surface area contributed by atoms with Crippen molar-refractivity contribution in [3.8, 4) is 0 Å². The minimum Gasteiger partial charge on any atom is -0.465 e. The molecule has 1 aliphatic carbocycles. The smallest absolute Gasteiger partial charge is 0.341 e. The van der Waals surface area contributed by atoms with Crippen LogP contribution in [0.4, 0.5) is 10.7 Å². The van der Waals surface area contributed by atoms with E-state index in [9.17, 15) is 4.79 Å². The van der Waals surface area contributed by atoms with Crippen molar-refractivity contribution in [3.05, 3.63) is 45.8 Å². The Kier molecular flexibility index (Phi) is 5.39.